The molecule has 0 aliphatic carbocycles. The van der Waals surface area contributed by atoms with Crippen LogP contribution in [0.15, 0.2) is 17.2 Å². The number of nitrogens with one attached hydrogen (secondary N) is 1. The number of aromatic amines is 1. The van der Waals surface area contributed by atoms with E-state index in [2.05, 4.69) is 15.1 Å². The standard InChI is InChI=1S/C18H25N5O3/c1-12-16(13(2)22(3)21-12)8-18(25)23-4-5-26-10-14(9-23)6-15-7-17(24)20-11-19-15/h7,11,14H,4-6,8-10H2,1-3H3,(H,19,20,24)/t14-/m0/s1. The number of hydrogen-bond donors (Lipinski definition) is 1. The van der Waals surface area contributed by atoms with Crippen LogP contribution in [0.1, 0.15) is 22.6 Å². The van der Waals surface area contributed by atoms with Crippen LogP contribution in [-0.4, -0.2) is 56.9 Å². The number of carbonyl (C=O) groups is 1. The Kier molecular flexibility index (Phi) is 5.51. The Morgan fingerprint density at radius 3 is 2.92 bits per heavy atom. The number of rotatable bonds is 4. The normalized spacial score (nSPS) is 18.0. The summed E-state index contributed by atoms with van der Waals surface area (Å²) in [6.07, 6.45) is 2.37. The first kappa shape index (κ1) is 18.3. The Bertz CT molecular complexity index is 842. The molecule has 140 valence electrons. The van der Waals surface area contributed by atoms with Crippen molar-refractivity contribution in [1.82, 2.24) is 24.6 Å². The molecule has 3 heterocycles. The van der Waals surface area contributed by atoms with E-state index in [1.54, 1.807) is 0 Å². The fourth-order valence-corrected chi connectivity index (χ4v) is 3.38. The van der Waals surface area contributed by atoms with Crippen molar-refractivity contribution in [2.75, 3.05) is 26.3 Å². The number of amides is 1. The average molecular weight is 359 g/mol. The lowest BCUT2D eigenvalue weighted by molar-refractivity contribution is -0.130. The van der Waals surface area contributed by atoms with Gasteiger partial charge in [0.05, 0.1) is 31.7 Å². The number of nitrogens with zero attached hydrogens (tertiary/aromatic N) is 4. The van der Waals surface area contributed by atoms with E-state index in [1.807, 2.05) is 30.5 Å². The Hall–Kier alpha value is -2.48. The van der Waals surface area contributed by atoms with Crippen molar-refractivity contribution in [3.8, 4) is 0 Å². The van der Waals surface area contributed by atoms with Crippen molar-refractivity contribution >= 4 is 5.91 Å². The molecule has 1 saturated heterocycles. The molecule has 8 nitrogen and oxygen atoms in total. The molecule has 8 heteroatoms. The fourth-order valence-electron chi connectivity index (χ4n) is 3.38. The van der Waals surface area contributed by atoms with E-state index in [4.69, 9.17) is 4.74 Å². The average Bonchev–Trinajstić information content (AvgIpc) is 2.78. The number of hydrogen-bond acceptors (Lipinski definition) is 5. The van der Waals surface area contributed by atoms with Crippen LogP contribution in [0.2, 0.25) is 0 Å². The quantitative estimate of drug-likeness (QED) is 0.852. The minimum atomic E-state index is -0.167. The van der Waals surface area contributed by atoms with E-state index in [-0.39, 0.29) is 17.4 Å². The van der Waals surface area contributed by atoms with Crippen molar-refractivity contribution in [3.05, 3.63) is 45.4 Å². The third-order valence-corrected chi connectivity index (χ3v) is 4.91. The van der Waals surface area contributed by atoms with Gasteiger partial charge in [0.1, 0.15) is 0 Å². The second-order valence-corrected chi connectivity index (χ2v) is 6.84. The molecule has 0 unspecified atom stereocenters. The van der Waals surface area contributed by atoms with E-state index in [1.165, 1.54) is 12.4 Å². The highest BCUT2D eigenvalue weighted by Gasteiger charge is 2.24. The van der Waals surface area contributed by atoms with Crippen molar-refractivity contribution in [1.29, 1.82) is 0 Å². The van der Waals surface area contributed by atoms with E-state index in [0.29, 0.717) is 39.1 Å². The summed E-state index contributed by atoms with van der Waals surface area (Å²) in [6, 6.07) is 1.50. The minimum Gasteiger partial charge on any atom is -0.379 e. The minimum absolute atomic E-state index is 0.0820. The van der Waals surface area contributed by atoms with Gasteiger partial charge in [0.25, 0.3) is 5.56 Å². The highest BCUT2D eigenvalue weighted by Crippen LogP contribution is 2.17. The lowest BCUT2D eigenvalue weighted by Gasteiger charge is -2.23. The van der Waals surface area contributed by atoms with Gasteiger partial charge in [-0.2, -0.15) is 5.10 Å². The molecule has 3 rings (SSSR count). The molecule has 0 spiro atoms. The van der Waals surface area contributed by atoms with Crippen LogP contribution in [0.25, 0.3) is 0 Å². The Balaban J connectivity index is 1.68. The van der Waals surface area contributed by atoms with Gasteiger partial charge in [-0.3, -0.25) is 14.3 Å². The first-order valence-corrected chi connectivity index (χ1v) is 8.82. The van der Waals surface area contributed by atoms with E-state index in [0.717, 1.165) is 22.6 Å². The molecule has 1 N–H and O–H groups in total. The van der Waals surface area contributed by atoms with Crippen LogP contribution in [0, 0.1) is 19.8 Å². The maximum absolute atomic E-state index is 12.8. The summed E-state index contributed by atoms with van der Waals surface area (Å²) in [6.45, 7) is 6.18. The fraction of sp³-hybridized carbons (Fsp3) is 0.556. The predicted octanol–water partition coefficient (Wildman–Crippen LogP) is 0.380. The van der Waals surface area contributed by atoms with E-state index >= 15 is 0 Å². The van der Waals surface area contributed by atoms with Crippen molar-refractivity contribution in [2.24, 2.45) is 13.0 Å². The summed E-state index contributed by atoms with van der Waals surface area (Å²) in [5.41, 5.74) is 3.46. The molecule has 0 saturated carbocycles. The Labute approximate surface area is 152 Å². The molecule has 0 aromatic carbocycles. The zero-order chi connectivity index (χ0) is 18.7. The van der Waals surface area contributed by atoms with Crippen molar-refractivity contribution in [2.45, 2.75) is 26.7 Å². The van der Waals surface area contributed by atoms with Crippen molar-refractivity contribution in [3.63, 3.8) is 0 Å². The van der Waals surface area contributed by atoms with Crippen molar-refractivity contribution < 1.29 is 9.53 Å². The molecule has 0 radical (unpaired) electrons. The maximum Gasteiger partial charge on any atom is 0.250 e. The third kappa shape index (κ3) is 4.19. The van der Waals surface area contributed by atoms with Gasteiger partial charge < -0.3 is 14.6 Å². The van der Waals surface area contributed by atoms with Gasteiger partial charge >= 0.3 is 0 Å². The molecule has 2 aromatic rings. The van der Waals surface area contributed by atoms with Crippen LogP contribution in [0.5, 0.6) is 0 Å². The van der Waals surface area contributed by atoms with Gasteiger partial charge in [-0.25, -0.2) is 4.98 Å². The van der Waals surface area contributed by atoms with E-state index in [9.17, 15) is 9.59 Å². The number of ether oxygens (including phenoxy) is 1. The summed E-state index contributed by atoms with van der Waals surface area (Å²) in [5.74, 6) is 0.199. The smallest absolute Gasteiger partial charge is 0.250 e. The first-order chi connectivity index (χ1) is 12.4. The molecule has 1 atom stereocenters. The van der Waals surface area contributed by atoms with Crippen LogP contribution in [0.3, 0.4) is 0 Å². The summed E-state index contributed by atoms with van der Waals surface area (Å²) >= 11 is 0. The second kappa shape index (κ2) is 7.82. The third-order valence-electron chi connectivity index (χ3n) is 4.91. The summed E-state index contributed by atoms with van der Waals surface area (Å²) in [7, 11) is 1.89. The lowest BCUT2D eigenvalue weighted by atomic mass is 10.0. The molecular weight excluding hydrogens is 334 g/mol. The molecule has 0 bridgehead atoms. The first-order valence-electron chi connectivity index (χ1n) is 8.82. The number of H-pyrrole nitrogens is 1. The summed E-state index contributed by atoms with van der Waals surface area (Å²) in [5, 5.41) is 4.39. The van der Waals surface area contributed by atoms with Gasteiger partial charge in [0.15, 0.2) is 0 Å². The zero-order valence-electron chi connectivity index (χ0n) is 15.5. The van der Waals surface area contributed by atoms with Gasteiger partial charge in [-0.1, -0.05) is 0 Å². The SMILES string of the molecule is Cc1nn(C)c(C)c1CC(=O)N1CCOC[C@@H](Cc2cc(=O)[nH]cn2)C1. The molecule has 26 heavy (non-hydrogen) atoms. The maximum atomic E-state index is 12.8. The lowest BCUT2D eigenvalue weighted by Crippen LogP contribution is -2.37. The molecule has 2 aromatic heterocycles. The molecular formula is C18H25N5O3. The van der Waals surface area contributed by atoms with Gasteiger partial charge in [0.2, 0.25) is 5.91 Å². The molecule has 1 fully saturated rings. The Morgan fingerprint density at radius 1 is 1.42 bits per heavy atom. The summed E-state index contributed by atoms with van der Waals surface area (Å²) < 4.78 is 7.48. The Morgan fingerprint density at radius 2 is 2.23 bits per heavy atom. The molecule has 1 aliphatic heterocycles. The topological polar surface area (TPSA) is 93.1 Å². The van der Waals surface area contributed by atoms with Crippen LogP contribution in [-0.2, 0) is 29.4 Å². The van der Waals surface area contributed by atoms with Gasteiger partial charge in [-0.05, 0) is 20.3 Å². The predicted molar refractivity (Wildman–Crippen MR) is 95.8 cm³/mol. The van der Waals surface area contributed by atoms with Crippen LogP contribution < -0.4 is 5.56 Å². The van der Waals surface area contributed by atoms with Crippen LogP contribution >= 0.6 is 0 Å². The molecule has 1 aliphatic rings. The number of aryl methyl sites for hydroxylation is 2. The summed E-state index contributed by atoms with van der Waals surface area (Å²) in [4.78, 5) is 32.9. The monoisotopic (exact) mass is 359 g/mol. The van der Waals surface area contributed by atoms with Gasteiger partial charge in [0, 0.05) is 49.1 Å². The largest absolute Gasteiger partial charge is 0.379 e. The number of aromatic nitrogens is 4. The van der Waals surface area contributed by atoms with Gasteiger partial charge in [-0.15, -0.1) is 0 Å². The highest BCUT2D eigenvalue weighted by molar-refractivity contribution is 5.79. The highest BCUT2D eigenvalue weighted by atomic mass is 16.5. The number of carbonyl (C=O) groups excluding carboxylic acids is 1. The van der Waals surface area contributed by atoms with Crippen LogP contribution in [0.4, 0.5) is 0 Å². The van der Waals surface area contributed by atoms with E-state index < -0.39 is 0 Å². The molecule has 1 amide bonds. The zero-order valence-corrected chi connectivity index (χ0v) is 15.5. The second-order valence-electron chi connectivity index (χ2n) is 6.84.